The number of amides is 1. The van der Waals surface area contributed by atoms with E-state index in [-0.39, 0.29) is 31.4 Å². The number of carbonyl (C=O) groups excluding carboxylic acids is 2. The molecule has 1 N–H and O–H groups in total. The van der Waals surface area contributed by atoms with Crippen molar-refractivity contribution in [2.75, 3.05) is 18.1 Å². The fourth-order valence-electron chi connectivity index (χ4n) is 4.17. The molecule has 2 atom stereocenters. The van der Waals surface area contributed by atoms with Crippen LogP contribution in [0.5, 0.6) is 0 Å². The first-order valence-corrected chi connectivity index (χ1v) is 11.5. The van der Waals surface area contributed by atoms with Gasteiger partial charge in [-0.1, -0.05) is 30.3 Å². The van der Waals surface area contributed by atoms with Crippen LogP contribution < -0.4 is 4.90 Å². The van der Waals surface area contributed by atoms with Crippen molar-refractivity contribution in [3.8, 4) is 0 Å². The van der Waals surface area contributed by atoms with Crippen LogP contribution in [0.15, 0.2) is 54.9 Å². The third-order valence-electron chi connectivity index (χ3n) is 5.51. The summed E-state index contributed by atoms with van der Waals surface area (Å²) in [6, 6.07) is 11.6. The minimum atomic E-state index is -1.14. The number of esters is 1. The number of aromatic nitrogens is 1. The number of benzene rings is 1. The zero-order valence-corrected chi connectivity index (χ0v) is 23.1. The van der Waals surface area contributed by atoms with Crippen LogP contribution in [0.3, 0.4) is 0 Å². The first-order valence-electron chi connectivity index (χ1n) is 11.5. The van der Waals surface area contributed by atoms with Crippen molar-refractivity contribution in [2.24, 2.45) is 0 Å². The van der Waals surface area contributed by atoms with Crippen LogP contribution in [0.25, 0.3) is 0 Å². The van der Waals surface area contributed by atoms with Gasteiger partial charge in [0.1, 0.15) is 12.6 Å². The minimum Gasteiger partial charge on any atom is -0.480 e. The third-order valence-corrected chi connectivity index (χ3v) is 5.51. The average molecular weight is 543 g/mol. The number of hydrogen-bond acceptors (Lipinski definition) is 6. The molecular weight excluding hydrogens is 505 g/mol. The van der Waals surface area contributed by atoms with Crippen LogP contribution in [0, 0.1) is 0 Å². The Kier molecular flexibility index (Phi) is 14.3. The van der Waals surface area contributed by atoms with Gasteiger partial charge in [-0.2, -0.15) is 0 Å². The Bertz CT molecular complexity index is 955. The highest BCUT2D eigenvalue weighted by Crippen LogP contribution is 2.27. The smallest absolute Gasteiger partial charge is 0.323 e. The summed E-state index contributed by atoms with van der Waals surface area (Å²) in [7, 11) is 0. The Labute approximate surface area is 225 Å². The van der Waals surface area contributed by atoms with Crippen LogP contribution >= 0.6 is 24.8 Å². The monoisotopic (exact) mass is 541 g/mol. The van der Waals surface area contributed by atoms with Gasteiger partial charge < -0.3 is 9.84 Å². The largest absolute Gasteiger partial charge is 0.480 e. The summed E-state index contributed by atoms with van der Waals surface area (Å²) < 4.78 is 5.40. The molecule has 0 saturated heterocycles. The summed E-state index contributed by atoms with van der Waals surface area (Å²) in [5, 5.41) is 9.45. The van der Waals surface area contributed by atoms with Crippen LogP contribution in [0.2, 0.25) is 0 Å². The predicted molar refractivity (Wildman–Crippen MR) is 145 cm³/mol. The number of pyridine rings is 1. The average Bonchev–Trinajstić information content (AvgIpc) is 2.79. The fourth-order valence-corrected chi connectivity index (χ4v) is 4.17. The van der Waals surface area contributed by atoms with E-state index in [2.05, 4.69) is 4.98 Å². The lowest BCUT2D eigenvalue weighted by Crippen LogP contribution is -2.61. The highest BCUT2D eigenvalue weighted by molar-refractivity contribution is 6.00. The third kappa shape index (κ3) is 9.41. The SMILES string of the molecule is CCOC(=O)[C@H](CCc1ccccc1)N([C@@H](C)C(=O)N(CC(=O)O)c1cccnc1)C(C)(C)C.Cl.Cl. The molecule has 0 spiro atoms. The highest BCUT2D eigenvalue weighted by atomic mass is 35.5. The number of aryl methyl sites for hydroxylation is 1. The van der Waals surface area contributed by atoms with Gasteiger partial charge >= 0.3 is 11.9 Å². The normalized spacial score (nSPS) is 12.5. The predicted octanol–water partition coefficient (Wildman–Crippen LogP) is 4.40. The van der Waals surface area contributed by atoms with E-state index >= 15 is 0 Å². The molecule has 0 fully saturated rings. The lowest BCUT2D eigenvalue weighted by molar-refractivity contribution is -0.155. The topological polar surface area (TPSA) is 100 Å². The summed E-state index contributed by atoms with van der Waals surface area (Å²) in [4.78, 5) is 45.4. The molecule has 0 radical (unpaired) electrons. The van der Waals surface area contributed by atoms with Crippen molar-refractivity contribution in [3.63, 3.8) is 0 Å². The number of carbonyl (C=O) groups is 3. The Morgan fingerprint density at radius 2 is 1.69 bits per heavy atom. The summed E-state index contributed by atoms with van der Waals surface area (Å²) >= 11 is 0. The van der Waals surface area contributed by atoms with Crippen LogP contribution in [-0.2, 0) is 25.5 Å². The molecule has 2 aromatic rings. The van der Waals surface area contributed by atoms with Gasteiger partial charge in [0.2, 0.25) is 5.91 Å². The molecule has 10 heteroatoms. The number of carboxylic acids is 1. The van der Waals surface area contributed by atoms with E-state index in [4.69, 9.17) is 4.74 Å². The number of rotatable bonds is 11. The van der Waals surface area contributed by atoms with Crippen molar-refractivity contribution < 1.29 is 24.2 Å². The number of ether oxygens (including phenoxy) is 1. The number of anilines is 1. The second-order valence-electron chi connectivity index (χ2n) is 9.08. The first-order chi connectivity index (χ1) is 16.1. The summed E-state index contributed by atoms with van der Waals surface area (Å²) in [6.07, 6.45) is 4.08. The summed E-state index contributed by atoms with van der Waals surface area (Å²) in [5.41, 5.74) is 0.868. The van der Waals surface area contributed by atoms with Gasteiger partial charge in [-0.25, -0.2) is 0 Å². The Morgan fingerprint density at radius 1 is 1.06 bits per heavy atom. The zero-order valence-electron chi connectivity index (χ0n) is 21.4. The molecule has 0 aliphatic carbocycles. The molecule has 1 amide bonds. The number of hydrogen-bond donors (Lipinski definition) is 1. The van der Waals surface area contributed by atoms with E-state index in [0.717, 1.165) is 5.56 Å². The van der Waals surface area contributed by atoms with Crippen LogP contribution in [0.4, 0.5) is 5.69 Å². The number of halogens is 2. The zero-order chi connectivity index (χ0) is 25.3. The molecule has 200 valence electrons. The Balaban J connectivity index is 0.00000612. The van der Waals surface area contributed by atoms with Gasteiger partial charge in [0.15, 0.2) is 0 Å². The molecular formula is C26H37Cl2N3O5. The van der Waals surface area contributed by atoms with Crippen molar-refractivity contribution in [3.05, 3.63) is 60.4 Å². The van der Waals surface area contributed by atoms with Crippen molar-refractivity contribution in [1.82, 2.24) is 9.88 Å². The van der Waals surface area contributed by atoms with E-state index in [1.54, 1.807) is 32.2 Å². The second kappa shape index (κ2) is 15.4. The van der Waals surface area contributed by atoms with E-state index in [1.165, 1.54) is 11.1 Å². The van der Waals surface area contributed by atoms with Gasteiger partial charge in [0, 0.05) is 11.7 Å². The number of nitrogens with zero attached hydrogens (tertiary/aromatic N) is 3. The maximum atomic E-state index is 13.7. The van der Waals surface area contributed by atoms with E-state index in [0.29, 0.717) is 18.5 Å². The fraction of sp³-hybridized carbons (Fsp3) is 0.462. The Morgan fingerprint density at radius 3 is 2.19 bits per heavy atom. The molecule has 0 aliphatic rings. The maximum absolute atomic E-state index is 13.7. The molecule has 0 saturated carbocycles. The van der Waals surface area contributed by atoms with Gasteiger partial charge in [0.25, 0.3) is 0 Å². The van der Waals surface area contributed by atoms with Gasteiger partial charge in [-0.05, 0) is 65.2 Å². The standard InChI is InChI=1S/C26H35N3O5.2ClH/c1-6-34-25(33)22(15-14-20-11-8-7-9-12-20)29(26(3,4)5)19(2)24(32)28(18-23(30)31)21-13-10-16-27-17-21;;/h7-13,16-17,19,22H,6,14-15,18H2,1-5H3,(H,30,31);2*1H/t19-,22-;;/m0../s1. The summed E-state index contributed by atoms with van der Waals surface area (Å²) in [5.74, 6) is -1.98. The molecule has 0 bridgehead atoms. The molecule has 1 aromatic carbocycles. The first kappa shape index (κ1) is 33.3. The quantitative estimate of drug-likeness (QED) is 0.421. The van der Waals surface area contributed by atoms with E-state index in [1.807, 2.05) is 56.0 Å². The second-order valence-corrected chi connectivity index (χ2v) is 9.08. The summed E-state index contributed by atoms with van der Waals surface area (Å²) in [6.45, 7) is 8.95. The lowest BCUT2D eigenvalue weighted by Gasteiger charge is -2.44. The van der Waals surface area contributed by atoms with E-state index < -0.39 is 42.0 Å². The van der Waals surface area contributed by atoms with Crippen molar-refractivity contribution >= 4 is 48.3 Å². The minimum absolute atomic E-state index is 0. The van der Waals surface area contributed by atoms with Gasteiger partial charge in [-0.3, -0.25) is 29.2 Å². The molecule has 2 rings (SSSR count). The van der Waals surface area contributed by atoms with Crippen LogP contribution in [0.1, 0.15) is 46.6 Å². The van der Waals surface area contributed by atoms with Gasteiger partial charge in [0.05, 0.1) is 24.5 Å². The molecule has 1 heterocycles. The molecule has 0 aliphatic heterocycles. The van der Waals surface area contributed by atoms with Crippen molar-refractivity contribution in [2.45, 2.75) is 65.1 Å². The molecule has 1 aromatic heterocycles. The van der Waals surface area contributed by atoms with Crippen molar-refractivity contribution in [1.29, 1.82) is 0 Å². The number of aliphatic carboxylic acids is 1. The van der Waals surface area contributed by atoms with Gasteiger partial charge in [-0.15, -0.1) is 24.8 Å². The molecule has 0 unspecified atom stereocenters. The number of carboxylic acid groups (broad SMARTS) is 1. The maximum Gasteiger partial charge on any atom is 0.323 e. The molecule has 36 heavy (non-hydrogen) atoms. The van der Waals surface area contributed by atoms with E-state index in [9.17, 15) is 19.5 Å². The highest BCUT2D eigenvalue weighted by Gasteiger charge is 2.41. The Hall–Kier alpha value is -2.68. The molecule has 8 nitrogen and oxygen atoms in total. The lowest BCUT2D eigenvalue weighted by atomic mass is 9.95. The van der Waals surface area contributed by atoms with Crippen LogP contribution in [-0.4, -0.2) is 63.6 Å².